The molecule has 0 aromatic rings. The lowest BCUT2D eigenvalue weighted by Gasteiger charge is -2.28. The molecule has 0 radical (unpaired) electrons. The third kappa shape index (κ3) is 4.12. The van der Waals surface area contributed by atoms with E-state index >= 15 is 0 Å². The normalized spacial score (nSPS) is 32.4. The Morgan fingerprint density at radius 2 is 1.89 bits per heavy atom. The molecule has 0 N–H and O–H groups in total. The maximum Gasteiger partial charge on any atom is 0.410 e. The number of hydrogen-bond donors (Lipinski definition) is 0. The molecule has 0 aromatic carbocycles. The fourth-order valence-electron chi connectivity index (χ4n) is 3.24. The van der Waals surface area contributed by atoms with Gasteiger partial charge in [0.05, 0.1) is 0 Å². The molecular formula is C16H29NO2. The van der Waals surface area contributed by atoms with Crippen LogP contribution in [0.25, 0.3) is 0 Å². The minimum absolute atomic E-state index is 0.133. The van der Waals surface area contributed by atoms with Crippen molar-refractivity contribution in [2.75, 3.05) is 13.1 Å². The molecule has 1 aliphatic heterocycles. The van der Waals surface area contributed by atoms with Crippen molar-refractivity contribution in [1.29, 1.82) is 0 Å². The van der Waals surface area contributed by atoms with E-state index < -0.39 is 0 Å². The number of amides is 1. The maximum atomic E-state index is 12.1. The van der Waals surface area contributed by atoms with Gasteiger partial charge in [0, 0.05) is 13.1 Å². The Morgan fingerprint density at radius 3 is 2.58 bits per heavy atom. The zero-order valence-corrected chi connectivity index (χ0v) is 13.0. The van der Waals surface area contributed by atoms with Gasteiger partial charge in [-0.15, -0.1) is 0 Å². The van der Waals surface area contributed by atoms with Crippen LogP contribution in [-0.4, -0.2) is 29.7 Å². The summed E-state index contributed by atoms with van der Waals surface area (Å²) in [6.07, 6.45) is 7.36. The van der Waals surface area contributed by atoms with Crippen molar-refractivity contribution in [1.82, 2.24) is 4.90 Å². The standard InChI is InChI=1S/C16H29NO2/c1-15(2,3)19-14(18)17-10-6-5-9-16(4)12-13(16)8-7-11-17/h13H,5-12H2,1-4H3. The number of ether oxygens (including phenoxy) is 1. The summed E-state index contributed by atoms with van der Waals surface area (Å²) in [6.45, 7) is 9.95. The number of fused-ring (bicyclic) bond motifs is 1. The molecule has 1 aliphatic carbocycles. The van der Waals surface area contributed by atoms with Gasteiger partial charge in [0.1, 0.15) is 5.60 Å². The maximum absolute atomic E-state index is 12.1. The van der Waals surface area contributed by atoms with E-state index in [1.54, 1.807) is 0 Å². The highest BCUT2D eigenvalue weighted by Crippen LogP contribution is 2.58. The minimum Gasteiger partial charge on any atom is -0.444 e. The Kier molecular flexibility index (Phi) is 4.12. The van der Waals surface area contributed by atoms with Gasteiger partial charge < -0.3 is 9.64 Å². The highest BCUT2D eigenvalue weighted by molar-refractivity contribution is 5.68. The number of rotatable bonds is 0. The molecular weight excluding hydrogens is 238 g/mol. The van der Waals surface area contributed by atoms with E-state index in [9.17, 15) is 4.79 Å². The van der Waals surface area contributed by atoms with Gasteiger partial charge in [-0.05, 0) is 64.2 Å². The Hall–Kier alpha value is -0.730. The van der Waals surface area contributed by atoms with E-state index in [0.717, 1.165) is 31.8 Å². The highest BCUT2D eigenvalue weighted by Gasteiger charge is 2.48. The third-order valence-electron chi connectivity index (χ3n) is 4.60. The third-order valence-corrected chi connectivity index (χ3v) is 4.60. The summed E-state index contributed by atoms with van der Waals surface area (Å²) < 4.78 is 5.49. The molecule has 0 spiro atoms. The summed E-state index contributed by atoms with van der Waals surface area (Å²) >= 11 is 0. The summed E-state index contributed by atoms with van der Waals surface area (Å²) in [7, 11) is 0. The molecule has 0 bridgehead atoms. The van der Waals surface area contributed by atoms with Crippen LogP contribution in [0.4, 0.5) is 4.79 Å². The van der Waals surface area contributed by atoms with Crippen LogP contribution in [0.15, 0.2) is 0 Å². The Labute approximate surface area is 117 Å². The van der Waals surface area contributed by atoms with Crippen LogP contribution in [0.2, 0.25) is 0 Å². The molecule has 1 saturated carbocycles. The fourth-order valence-corrected chi connectivity index (χ4v) is 3.24. The zero-order chi connectivity index (χ0) is 14.1. The zero-order valence-electron chi connectivity index (χ0n) is 13.0. The predicted molar refractivity (Wildman–Crippen MR) is 77.1 cm³/mol. The summed E-state index contributed by atoms with van der Waals surface area (Å²) in [5.41, 5.74) is 0.246. The molecule has 1 saturated heterocycles. The van der Waals surface area contributed by atoms with Crippen LogP contribution in [0.1, 0.15) is 66.2 Å². The van der Waals surface area contributed by atoms with Crippen LogP contribution >= 0.6 is 0 Å². The number of hydrogen-bond acceptors (Lipinski definition) is 2. The van der Waals surface area contributed by atoms with E-state index in [0.29, 0.717) is 5.41 Å². The molecule has 3 heteroatoms. The smallest absolute Gasteiger partial charge is 0.410 e. The SMILES string of the molecule is CC(C)(C)OC(=O)N1CCCCC2(C)CC2CCC1. The molecule has 0 aromatic heterocycles. The van der Waals surface area contributed by atoms with Gasteiger partial charge in [-0.25, -0.2) is 4.79 Å². The number of nitrogens with zero attached hydrogens (tertiary/aromatic N) is 1. The van der Waals surface area contributed by atoms with Crippen LogP contribution in [0, 0.1) is 11.3 Å². The van der Waals surface area contributed by atoms with E-state index in [2.05, 4.69) is 6.92 Å². The second-order valence-corrected chi connectivity index (χ2v) is 7.62. The summed E-state index contributed by atoms with van der Waals surface area (Å²) in [5.74, 6) is 0.908. The van der Waals surface area contributed by atoms with Gasteiger partial charge in [0.25, 0.3) is 0 Å². The molecule has 2 atom stereocenters. The average Bonchev–Trinajstić information content (AvgIpc) is 2.92. The first-order chi connectivity index (χ1) is 8.80. The minimum atomic E-state index is -0.387. The lowest BCUT2D eigenvalue weighted by Crippen LogP contribution is -2.38. The van der Waals surface area contributed by atoms with Gasteiger partial charge in [0.2, 0.25) is 0 Å². The molecule has 3 nitrogen and oxygen atoms in total. The van der Waals surface area contributed by atoms with Crippen molar-refractivity contribution < 1.29 is 9.53 Å². The molecule has 2 fully saturated rings. The van der Waals surface area contributed by atoms with Crippen molar-refractivity contribution in [2.45, 2.75) is 71.8 Å². The summed E-state index contributed by atoms with van der Waals surface area (Å²) in [4.78, 5) is 14.0. The molecule has 2 unspecified atom stereocenters. The van der Waals surface area contributed by atoms with E-state index in [1.807, 2.05) is 25.7 Å². The molecule has 2 aliphatic rings. The first-order valence-electron chi connectivity index (χ1n) is 7.78. The predicted octanol–water partition coefficient (Wildman–Crippen LogP) is 4.21. The number of carbonyl (C=O) groups excluding carboxylic acids is 1. The lowest BCUT2D eigenvalue weighted by molar-refractivity contribution is 0.0239. The van der Waals surface area contributed by atoms with Crippen molar-refractivity contribution in [2.24, 2.45) is 11.3 Å². The molecule has 19 heavy (non-hydrogen) atoms. The van der Waals surface area contributed by atoms with E-state index in [1.165, 1.54) is 25.7 Å². The second kappa shape index (κ2) is 5.34. The molecule has 1 amide bonds. The molecule has 2 rings (SSSR count). The molecule has 110 valence electrons. The Balaban J connectivity index is 1.86. The van der Waals surface area contributed by atoms with Crippen molar-refractivity contribution >= 4 is 6.09 Å². The summed E-state index contributed by atoms with van der Waals surface area (Å²) in [5, 5.41) is 0. The first kappa shape index (κ1) is 14.7. The fraction of sp³-hybridized carbons (Fsp3) is 0.938. The van der Waals surface area contributed by atoms with Crippen LogP contribution in [-0.2, 0) is 4.74 Å². The largest absolute Gasteiger partial charge is 0.444 e. The quantitative estimate of drug-likeness (QED) is 0.658. The lowest BCUT2D eigenvalue weighted by atomic mass is 9.95. The van der Waals surface area contributed by atoms with Gasteiger partial charge in [-0.2, -0.15) is 0 Å². The van der Waals surface area contributed by atoms with E-state index in [-0.39, 0.29) is 11.7 Å². The average molecular weight is 267 g/mol. The van der Waals surface area contributed by atoms with Gasteiger partial charge >= 0.3 is 6.09 Å². The van der Waals surface area contributed by atoms with Gasteiger partial charge in [0.15, 0.2) is 0 Å². The van der Waals surface area contributed by atoms with Crippen LogP contribution in [0.5, 0.6) is 0 Å². The van der Waals surface area contributed by atoms with Gasteiger partial charge in [-0.3, -0.25) is 0 Å². The molecule has 1 heterocycles. The Morgan fingerprint density at radius 1 is 1.21 bits per heavy atom. The highest BCUT2D eigenvalue weighted by atomic mass is 16.6. The van der Waals surface area contributed by atoms with Crippen molar-refractivity contribution in [3.8, 4) is 0 Å². The van der Waals surface area contributed by atoms with Crippen molar-refractivity contribution in [3.05, 3.63) is 0 Å². The van der Waals surface area contributed by atoms with Gasteiger partial charge in [-0.1, -0.05) is 13.3 Å². The topological polar surface area (TPSA) is 29.5 Å². The van der Waals surface area contributed by atoms with Crippen LogP contribution < -0.4 is 0 Å². The van der Waals surface area contributed by atoms with E-state index in [4.69, 9.17) is 4.74 Å². The van der Waals surface area contributed by atoms with Crippen LogP contribution in [0.3, 0.4) is 0 Å². The van der Waals surface area contributed by atoms with Crippen molar-refractivity contribution in [3.63, 3.8) is 0 Å². The Bertz CT molecular complexity index is 334. The monoisotopic (exact) mass is 267 g/mol. The first-order valence-corrected chi connectivity index (χ1v) is 7.78. The summed E-state index contributed by atoms with van der Waals surface area (Å²) in [6, 6.07) is 0. The second-order valence-electron chi connectivity index (χ2n) is 7.62. The number of carbonyl (C=O) groups is 1.